The average molecular weight is 293 g/mol. The number of rotatable bonds is 5. The van der Waals surface area contributed by atoms with Crippen LogP contribution in [0.4, 0.5) is 0 Å². The zero-order valence-electron chi connectivity index (χ0n) is 12.0. The molecule has 3 heterocycles. The lowest BCUT2D eigenvalue weighted by Gasteiger charge is -2.32. The maximum atomic E-state index is 12.0. The number of amides is 1. The van der Waals surface area contributed by atoms with E-state index in [4.69, 9.17) is 0 Å². The first kappa shape index (κ1) is 14.0. The third-order valence-corrected chi connectivity index (χ3v) is 5.57. The van der Waals surface area contributed by atoms with Crippen LogP contribution in [0.1, 0.15) is 17.4 Å². The summed E-state index contributed by atoms with van der Waals surface area (Å²) >= 11 is 1.87. The summed E-state index contributed by atoms with van der Waals surface area (Å²) < 4.78 is 0. The van der Waals surface area contributed by atoms with Gasteiger partial charge in [0.1, 0.15) is 0 Å². The third-order valence-electron chi connectivity index (χ3n) is 4.55. The highest BCUT2D eigenvalue weighted by Crippen LogP contribution is 2.23. The van der Waals surface area contributed by atoms with Gasteiger partial charge in [0, 0.05) is 37.0 Å². The molecule has 0 spiro atoms. The van der Waals surface area contributed by atoms with Gasteiger partial charge in [0.25, 0.3) is 0 Å². The van der Waals surface area contributed by atoms with Crippen molar-refractivity contribution in [3.63, 3.8) is 0 Å². The molecular formula is C15H23N3OS. The molecule has 110 valence electrons. The second-order valence-corrected chi connectivity index (χ2v) is 6.89. The lowest BCUT2D eigenvalue weighted by atomic mass is 9.88. The first-order chi connectivity index (χ1) is 9.74. The summed E-state index contributed by atoms with van der Waals surface area (Å²) in [4.78, 5) is 16.0. The van der Waals surface area contributed by atoms with E-state index in [1.165, 1.54) is 10.4 Å². The van der Waals surface area contributed by atoms with Crippen molar-refractivity contribution in [3.05, 3.63) is 21.9 Å². The number of hydrogen-bond acceptors (Lipinski definition) is 4. The molecule has 1 aromatic heterocycles. The molecule has 1 unspecified atom stereocenters. The molecule has 4 nitrogen and oxygen atoms in total. The Morgan fingerprint density at radius 1 is 1.60 bits per heavy atom. The maximum absolute atomic E-state index is 12.0. The van der Waals surface area contributed by atoms with Gasteiger partial charge in [0.05, 0.1) is 0 Å². The van der Waals surface area contributed by atoms with E-state index in [9.17, 15) is 4.79 Å². The maximum Gasteiger partial charge on any atom is 0.223 e. The van der Waals surface area contributed by atoms with Crippen LogP contribution in [0.2, 0.25) is 0 Å². The van der Waals surface area contributed by atoms with Crippen LogP contribution >= 0.6 is 11.3 Å². The van der Waals surface area contributed by atoms with Gasteiger partial charge in [-0.15, -0.1) is 11.3 Å². The minimum atomic E-state index is 0.140. The van der Waals surface area contributed by atoms with E-state index in [2.05, 4.69) is 27.0 Å². The topological polar surface area (TPSA) is 44.4 Å². The Hall–Kier alpha value is -0.910. The minimum absolute atomic E-state index is 0.140. The van der Waals surface area contributed by atoms with Gasteiger partial charge in [-0.3, -0.25) is 9.69 Å². The molecule has 2 N–H and O–H groups in total. The molecule has 1 atom stereocenters. The number of carbonyl (C=O) groups excluding carboxylic acids is 1. The molecule has 2 aliphatic rings. The van der Waals surface area contributed by atoms with Crippen molar-refractivity contribution in [2.24, 2.45) is 11.8 Å². The summed E-state index contributed by atoms with van der Waals surface area (Å²) in [6.45, 7) is 7.89. The van der Waals surface area contributed by atoms with E-state index < -0.39 is 0 Å². The number of carbonyl (C=O) groups is 1. The molecule has 2 aliphatic heterocycles. The van der Waals surface area contributed by atoms with Crippen molar-refractivity contribution in [1.82, 2.24) is 15.5 Å². The molecule has 1 amide bonds. The number of nitrogens with one attached hydrogen (secondary N) is 2. The van der Waals surface area contributed by atoms with Crippen LogP contribution in [-0.4, -0.2) is 43.5 Å². The molecular weight excluding hydrogens is 270 g/mol. The van der Waals surface area contributed by atoms with Crippen molar-refractivity contribution < 1.29 is 4.79 Å². The van der Waals surface area contributed by atoms with Gasteiger partial charge in [-0.2, -0.15) is 0 Å². The van der Waals surface area contributed by atoms with Crippen LogP contribution in [-0.2, 0) is 17.8 Å². The average Bonchev–Trinajstić information content (AvgIpc) is 2.83. The summed E-state index contributed by atoms with van der Waals surface area (Å²) in [7, 11) is 0. The zero-order chi connectivity index (χ0) is 13.9. The first-order valence-corrected chi connectivity index (χ1v) is 8.38. The third kappa shape index (κ3) is 3.05. The Labute approximate surface area is 124 Å². The fraction of sp³-hybridized carbons (Fsp3) is 0.667. The minimum Gasteiger partial charge on any atom is -0.355 e. The lowest BCUT2D eigenvalue weighted by Crippen LogP contribution is -2.50. The van der Waals surface area contributed by atoms with E-state index in [0.717, 1.165) is 45.7 Å². The summed E-state index contributed by atoms with van der Waals surface area (Å²) in [6.07, 6.45) is 1.16. The molecule has 0 saturated carbocycles. The zero-order valence-corrected chi connectivity index (χ0v) is 12.8. The van der Waals surface area contributed by atoms with Gasteiger partial charge in [-0.1, -0.05) is 6.92 Å². The van der Waals surface area contributed by atoms with E-state index >= 15 is 0 Å². The van der Waals surface area contributed by atoms with Gasteiger partial charge in [-0.25, -0.2) is 0 Å². The highest BCUT2D eigenvalue weighted by atomic mass is 32.1. The molecule has 20 heavy (non-hydrogen) atoms. The molecule has 0 aromatic carbocycles. The highest BCUT2D eigenvalue weighted by Gasteiger charge is 2.28. The lowest BCUT2D eigenvalue weighted by molar-refractivity contribution is -0.126. The SMILES string of the molecule is CC(C(=O)NCCN1CCc2sccc2C1)C1CNC1. The Kier molecular flexibility index (Phi) is 4.38. The number of hydrogen-bond donors (Lipinski definition) is 2. The van der Waals surface area contributed by atoms with Crippen molar-refractivity contribution in [3.8, 4) is 0 Å². The van der Waals surface area contributed by atoms with Gasteiger partial charge < -0.3 is 10.6 Å². The normalized spacial score (nSPS) is 21.1. The Morgan fingerprint density at radius 2 is 2.45 bits per heavy atom. The fourth-order valence-electron chi connectivity index (χ4n) is 2.87. The molecule has 1 saturated heterocycles. The monoisotopic (exact) mass is 293 g/mol. The van der Waals surface area contributed by atoms with Crippen molar-refractivity contribution in [1.29, 1.82) is 0 Å². The van der Waals surface area contributed by atoms with Gasteiger partial charge >= 0.3 is 0 Å². The summed E-state index contributed by atoms with van der Waals surface area (Å²) in [6, 6.07) is 2.23. The molecule has 0 aliphatic carbocycles. The second kappa shape index (κ2) is 6.24. The van der Waals surface area contributed by atoms with Gasteiger partial charge in [-0.05, 0) is 42.4 Å². The van der Waals surface area contributed by atoms with Gasteiger partial charge in [0.2, 0.25) is 5.91 Å². The standard InChI is InChI=1S/C15H23N3OS/c1-11(13-8-16-9-13)15(19)17-4-6-18-5-2-14-12(10-18)3-7-20-14/h3,7,11,13,16H,2,4-6,8-10H2,1H3,(H,17,19). The smallest absolute Gasteiger partial charge is 0.223 e. The van der Waals surface area contributed by atoms with Gasteiger partial charge in [0.15, 0.2) is 0 Å². The fourth-order valence-corrected chi connectivity index (χ4v) is 3.76. The summed E-state index contributed by atoms with van der Waals surface area (Å²) in [5, 5.41) is 8.50. The summed E-state index contributed by atoms with van der Waals surface area (Å²) in [5.41, 5.74) is 1.47. The first-order valence-electron chi connectivity index (χ1n) is 7.50. The molecule has 5 heteroatoms. The van der Waals surface area contributed by atoms with Crippen molar-refractivity contribution in [2.45, 2.75) is 19.9 Å². The van der Waals surface area contributed by atoms with Crippen molar-refractivity contribution in [2.75, 3.05) is 32.7 Å². The Bertz CT molecular complexity index is 469. The van der Waals surface area contributed by atoms with Crippen molar-refractivity contribution >= 4 is 17.2 Å². The molecule has 0 bridgehead atoms. The van der Waals surface area contributed by atoms with E-state index in [0.29, 0.717) is 5.92 Å². The summed E-state index contributed by atoms with van der Waals surface area (Å²) in [5.74, 6) is 0.879. The van der Waals surface area contributed by atoms with Crippen LogP contribution in [0.5, 0.6) is 0 Å². The van der Waals surface area contributed by atoms with Crippen LogP contribution in [0.15, 0.2) is 11.4 Å². The van der Waals surface area contributed by atoms with E-state index in [-0.39, 0.29) is 11.8 Å². The molecule has 3 rings (SSSR count). The number of fused-ring (bicyclic) bond motifs is 1. The largest absolute Gasteiger partial charge is 0.355 e. The highest BCUT2D eigenvalue weighted by molar-refractivity contribution is 7.10. The second-order valence-electron chi connectivity index (χ2n) is 5.89. The molecule has 1 fully saturated rings. The van der Waals surface area contributed by atoms with E-state index in [1.54, 1.807) is 0 Å². The number of nitrogens with zero attached hydrogens (tertiary/aromatic N) is 1. The van der Waals surface area contributed by atoms with Crippen LogP contribution in [0.25, 0.3) is 0 Å². The van der Waals surface area contributed by atoms with Crippen LogP contribution in [0, 0.1) is 11.8 Å². The number of thiophene rings is 1. The van der Waals surface area contributed by atoms with Crippen LogP contribution < -0.4 is 10.6 Å². The predicted molar refractivity (Wildman–Crippen MR) is 81.8 cm³/mol. The Balaban J connectivity index is 1.39. The molecule has 0 radical (unpaired) electrons. The van der Waals surface area contributed by atoms with E-state index in [1.807, 2.05) is 18.3 Å². The Morgan fingerprint density at radius 3 is 3.20 bits per heavy atom. The molecule has 1 aromatic rings. The van der Waals surface area contributed by atoms with Crippen LogP contribution in [0.3, 0.4) is 0 Å². The quantitative estimate of drug-likeness (QED) is 0.854. The predicted octanol–water partition coefficient (Wildman–Crippen LogP) is 1.08.